The summed E-state index contributed by atoms with van der Waals surface area (Å²) in [5.74, 6) is -0.0823. The second kappa shape index (κ2) is 5.39. The van der Waals surface area contributed by atoms with E-state index in [1.807, 2.05) is 0 Å². The normalized spacial score (nSPS) is 11.4. The van der Waals surface area contributed by atoms with Crippen molar-refractivity contribution in [3.8, 4) is 0 Å². The average molecular weight is 333 g/mol. The van der Waals surface area contributed by atoms with Gasteiger partial charge in [-0.15, -0.1) is 11.6 Å². The molecule has 0 fully saturated rings. The molecule has 1 N–H and O–H groups in total. The van der Waals surface area contributed by atoms with Gasteiger partial charge in [-0.2, -0.15) is 0 Å². The van der Waals surface area contributed by atoms with E-state index in [1.165, 1.54) is 0 Å². The fourth-order valence-electron chi connectivity index (χ4n) is 0.903. The van der Waals surface area contributed by atoms with Gasteiger partial charge >= 0.3 is 0 Å². The highest BCUT2D eigenvalue weighted by Crippen LogP contribution is 2.30. The lowest BCUT2D eigenvalue weighted by molar-refractivity contribution is 0.602. The van der Waals surface area contributed by atoms with Gasteiger partial charge in [-0.3, -0.25) is 4.72 Å². The van der Waals surface area contributed by atoms with E-state index in [-0.39, 0.29) is 11.6 Å². The molecule has 0 aliphatic rings. The van der Waals surface area contributed by atoms with Crippen LogP contribution < -0.4 is 4.72 Å². The summed E-state index contributed by atoms with van der Waals surface area (Å²) in [6.07, 6.45) is 0. The summed E-state index contributed by atoms with van der Waals surface area (Å²) in [6, 6.07) is 4.93. The van der Waals surface area contributed by atoms with Crippen molar-refractivity contribution in [3.63, 3.8) is 0 Å². The molecule has 15 heavy (non-hydrogen) atoms. The molecule has 3 nitrogen and oxygen atoms in total. The molecular weight excluding hydrogens is 325 g/mol. The van der Waals surface area contributed by atoms with E-state index in [0.29, 0.717) is 15.2 Å². The van der Waals surface area contributed by atoms with Gasteiger partial charge in [0, 0.05) is 5.88 Å². The molecule has 0 saturated heterocycles. The number of hydrogen-bond donors (Lipinski definition) is 1. The zero-order chi connectivity index (χ0) is 11.5. The lowest BCUT2D eigenvalue weighted by Gasteiger charge is -2.09. The first-order valence-electron chi connectivity index (χ1n) is 3.97. The SMILES string of the molecule is O=S(=O)(CCCl)Nc1cccc(Cl)c1Br. The molecular formula is C8H8BrCl2NO2S. The maximum Gasteiger partial charge on any atom is 0.233 e. The molecule has 0 amide bonds. The van der Waals surface area contributed by atoms with E-state index in [4.69, 9.17) is 23.2 Å². The van der Waals surface area contributed by atoms with Gasteiger partial charge in [-0.05, 0) is 28.1 Å². The molecule has 0 heterocycles. The summed E-state index contributed by atoms with van der Waals surface area (Å²) < 4.78 is 25.7. The zero-order valence-electron chi connectivity index (χ0n) is 7.50. The number of hydrogen-bond acceptors (Lipinski definition) is 2. The summed E-state index contributed by atoms with van der Waals surface area (Å²) in [7, 11) is -3.39. The van der Waals surface area contributed by atoms with Crippen molar-refractivity contribution < 1.29 is 8.42 Å². The third-order valence-electron chi connectivity index (χ3n) is 1.56. The van der Waals surface area contributed by atoms with Crippen LogP contribution in [0.3, 0.4) is 0 Å². The van der Waals surface area contributed by atoms with Crippen molar-refractivity contribution in [2.75, 3.05) is 16.4 Å². The molecule has 0 spiro atoms. The van der Waals surface area contributed by atoms with Gasteiger partial charge < -0.3 is 0 Å². The van der Waals surface area contributed by atoms with Crippen LogP contribution >= 0.6 is 39.1 Å². The molecule has 0 unspecified atom stereocenters. The Balaban J connectivity index is 2.95. The molecule has 1 rings (SSSR count). The first-order valence-corrected chi connectivity index (χ1v) is 7.32. The van der Waals surface area contributed by atoms with Gasteiger partial charge in [0.1, 0.15) is 0 Å². The Morgan fingerprint density at radius 2 is 2.07 bits per heavy atom. The van der Waals surface area contributed by atoms with E-state index in [9.17, 15) is 8.42 Å². The van der Waals surface area contributed by atoms with Crippen LogP contribution in [0, 0.1) is 0 Å². The predicted molar refractivity (Wildman–Crippen MR) is 67.3 cm³/mol. The minimum absolute atomic E-state index is 0.0491. The number of benzene rings is 1. The van der Waals surface area contributed by atoms with Gasteiger partial charge in [0.25, 0.3) is 0 Å². The van der Waals surface area contributed by atoms with Gasteiger partial charge in [-0.1, -0.05) is 17.7 Å². The minimum atomic E-state index is -3.39. The molecule has 84 valence electrons. The van der Waals surface area contributed by atoms with E-state index in [2.05, 4.69) is 20.7 Å². The third-order valence-corrected chi connectivity index (χ3v) is 4.65. The average Bonchev–Trinajstić information content (AvgIpc) is 2.12. The second-order valence-corrected chi connectivity index (χ2v) is 6.13. The number of anilines is 1. The van der Waals surface area contributed by atoms with Crippen molar-refractivity contribution in [2.45, 2.75) is 0 Å². The monoisotopic (exact) mass is 331 g/mol. The maximum atomic E-state index is 11.4. The molecule has 0 atom stereocenters. The number of halogens is 3. The van der Waals surface area contributed by atoms with Crippen LogP contribution in [0.1, 0.15) is 0 Å². The van der Waals surface area contributed by atoms with E-state index >= 15 is 0 Å². The first kappa shape index (κ1) is 13.1. The zero-order valence-corrected chi connectivity index (χ0v) is 11.4. The predicted octanol–water partition coefficient (Wildman–Crippen LogP) is 3.08. The van der Waals surface area contributed by atoms with Crippen LogP contribution in [0.15, 0.2) is 22.7 Å². The van der Waals surface area contributed by atoms with Crippen molar-refractivity contribution in [1.82, 2.24) is 0 Å². The highest BCUT2D eigenvalue weighted by Gasteiger charge is 2.12. The van der Waals surface area contributed by atoms with E-state index < -0.39 is 10.0 Å². The Kier molecular flexibility index (Phi) is 4.70. The Hall–Kier alpha value is 0.0300. The fourth-order valence-corrected chi connectivity index (χ4v) is 2.99. The summed E-state index contributed by atoms with van der Waals surface area (Å²) in [6.45, 7) is 0. The molecule has 0 saturated carbocycles. The standard InChI is InChI=1S/C8H8BrCl2NO2S/c9-8-6(11)2-1-3-7(8)12-15(13,14)5-4-10/h1-3,12H,4-5H2. The van der Waals surface area contributed by atoms with Crippen LogP contribution in [-0.2, 0) is 10.0 Å². The Labute approximate surface area is 107 Å². The minimum Gasteiger partial charge on any atom is -0.282 e. The van der Waals surface area contributed by atoms with Crippen molar-refractivity contribution in [1.29, 1.82) is 0 Å². The largest absolute Gasteiger partial charge is 0.282 e. The molecule has 0 radical (unpaired) electrons. The number of rotatable bonds is 4. The van der Waals surface area contributed by atoms with Crippen molar-refractivity contribution >= 4 is 54.8 Å². The van der Waals surface area contributed by atoms with Gasteiger partial charge in [0.05, 0.1) is 20.9 Å². The fraction of sp³-hybridized carbons (Fsp3) is 0.250. The topological polar surface area (TPSA) is 46.2 Å². The van der Waals surface area contributed by atoms with Gasteiger partial charge in [0.15, 0.2) is 0 Å². The smallest absolute Gasteiger partial charge is 0.233 e. The molecule has 7 heteroatoms. The number of nitrogens with one attached hydrogen (secondary N) is 1. The molecule has 0 bridgehead atoms. The Bertz CT molecular complexity index is 450. The number of sulfonamides is 1. The highest BCUT2D eigenvalue weighted by molar-refractivity contribution is 9.10. The lowest BCUT2D eigenvalue weighted by atomic mass is 10.3. The van der Waals surface area contributed by atoms with Crippen LogP contribution in [-0.4, -0.2) is 20.1 Å². The maximum absolute atomic E-state index is 11.4. The molecule has 0 aromatic heterocycles. The summed E-state index contributed by atoms with van der Waals surface area (Å²) in [4.78, 5) is 0. The molecule has 0 aliphatic carbocycles. The highest BCUT2D eigenvalue weighted by atomic mass is 79.9. The van der Waals surface area contributed by atoms with Crippen LogP contribution in [0.2, 0.25) is 5.02 Å². The Morgan fingerprint density at radius 3 is 2.67 bits per heavy atom. The van der Waals surface area contributed by atoms with E-state index in [1.54, 1.807) is 18.2 Å². The van der Waals surface area contributed by atoms with Gasteiger partial charge in [0.2, 0.25) is 10.0 Å². The van der Waals surface area contributed by atoms with E-state index in [0.717, 1.165) is 0 Å². The quantitative estimate of drug-likeness (QED) is 0.861. The first-order chi connectivity index (χ1) is 6.96. The van der Waals surface area contributed by atoms with Gasteiger partial charge in [-0.25, -0.2) is 8.42 Å². The van der Waals surface area contributed by atoms with Crippen molar-refractivity contribution in [3.05, 3.63) is 27.7 Å². The number of alkyl halides is 1. The molecule has 1 aromatic rings. The third kappa shape index (κ3) is 3.83. The summed E-state index contributed by atoms with van der Waals surface area (Å²) in [5.41, 5.74) is 0.410. The molecule has 0 aliphatic heterocycles. The lowest BCUT2D eigenvalue weighted by Crippen LogP contribution is -2.17. The van der Waals surface area contributed by atoms with Crippen LogP contribution in [0.4, 0.5) is 5.69 Å². The van der Waals surface area contributed by atoms with Crippen LogP contribution in [0.25, 0.3) is 0 Å². The summed E-state index contributed by atoms with van der Waals surface area (Å²) >= 11 is 14.4. The Morgan fingerprint density at radius 1 is 1.40 bits per heavy atom. The van der Waals surface area contributed by atoms with Crippen LogP contribution in [0.5, 0.6) is 0 Å². The second-order valence-electron chi connectivity index (χ2n) is 2.71. The van der Waals surface area contributed by atoms with Crippen molar-refractivity contribution in [2.24, 2.45) is 0 Å². The molecule has 1 aromatic carbocycles. The summed E-state index contributed by atoms with van der Waals surface area (Å²) in [5, 5.41) is 0.445.